The number of rotatable bonds is 7. The predicted molar refractivity (Wildman–Crippen MR) is 65.6 cm³/mol. The Labute approximate surface area is 96.9 Å². The first kappa shape index (κ1) is 13.2. The minimum absolute atomic E-state index is 0.155. The summed E-state index contributed by atoms with van der Waals surface area (Å²) in [6.07, 6.45) is 1.41. The van der Waals surface area contributed by atoms with Crippen molar-refractivity contribution < 1.29 is 8.42 Å². The topological polar surface area (TPSA) is 72.2 Å². The van der Waals surface area contributed by atoms with Gasteiger partial charge in [-0.05, 0) is 18.4 Å². The van der Waals surface area contributed by atoms with Gasteiger partial charge < -0.3 is 5.73 Å². The maximum Gasteiger partial charge on any atom is 0.211 e. The molecular formula is C11H18N2O2S. The normalized spacial score (nSPS) is 11.6. The molecule has 0 atom stereocenters. The van der Waals surface area contributed by atoms with E-state index in [0.29, 0.717) is 19.5 Å². The largest absolute Gasteiger partial charge is 0.329 e. The van der Waals surface area contributed by atoms with Crippen molar-refractivity contribution in [1.82, 2.24) is 4.72 Å². The van der Waals surface area contributed by atoms with Crippen LogP contribution in [0.4, 0.5) is 0 Å². The second-order valence-corrected chi connectivity index (χ2v) is 5.52. The van der Waals surface area contributed by atoms with E-state index >= 15 is 0 Å². The molecular weight excluding hydrogens is 224 g/mol. The van der Waals surface area contributed by atoms with E-state index in [4.69, 9.17) is 5.73 Å². The average molecular weight is 242 g/mol. The van der Waals surface area contributed by atoms with Gasteiger partial charge in [0.2, 0.25) is 10.0 Å². The molecule has 1 rings (SSSR count). The summed E-state index contributed by atoms with van der Waals surface area (Å²) < 4.78 is 25.3. The molecule has 1 aromatic rings. The van der Waals surface area contributed by atoms with Gasteiger partial charge >= 0.3 is 0 Å². The summed E-state index contributed by atoms with van der Waals surface area (Å²) in [5, 5.41) is 0. The van der Waals surface area contributed by atoms with Crippen LogP contribution in [0.1, 0.15) is 12.0 Å². The molecule has 0 bridgehead atoms. The Morgan fingerprint density at radius 2 is 1.88 bits per heavy atom. The minimum Gasteiger partial charge on any atom is -0.329 e. The number of nitrogens with two attached hydrogens (primary N) is 1. The summed E-state index contributed by atoms with van der Waals surface area (Å²) in [5.41, 5.74) is 6.39. The third-order valence-electron chi connectivity index (χ3n) is 2.19. The molecule has 0 fully saturated rings. The van der Waals surface area contributed by atoms with Crippen molar-refractivity contribution in [3.05, 3.63) is 35.9 Å². The second-order valence-electron chi connectivity index (χ2n) is 3.59. The van der Waals surface area contributed by atoms with Crippen LogP contribution < -0.4 is 10.5 Å². The third-order valence-corrected chi connectivity index (χ3v) is 3.66. The van der Waals surface area contributed by atoms with Crippen molar-refractivity contribution in [2.45, 2.75) is 12.8 Å². The number of benzene rings is 1. The Morgan fingerprint density at radius 1 is 1.19 bits per heavy atom. The van der Waals surface area contributed by atoms with Gasteiger partial charge in [0, 0.05) is 13.1 Å². The van der Waals surface area contributed by atoms with Crippen LogP contribution in [0.25, 0.3) is 0 Å². The summed E-state index contributed by atoms with van der Waals surface area (Å²) in [5.74, 6) is 0.155. The van der Waals surface area contributed by atoms with E-state index in [1.165, 1.54) is 0 Å². The maximum absolute atomic E-state index is 11.4. The zero-order valence-corrected chi connectivity index (χ0v) is 10.0. The van der Waals surface area contributed by atoms with Crippen molar-refractivity contribution in [1.29, 1.82) is 0 Å². The molecule has 0 aliphatic heterocycles. The molecule has 16 heavy (non-hydrogen) atoms. The number of nitrogens with one attached hydrogen (secondary N) is 1. The zero-order valence-electron chi connectivity index (χ0n) is 9.22. The van der Waals surface area contributed by atoms with Crippen LogP contribution in [0.3, 0.4) is 0 Å². The Morgan fingerprint density at radius 3 is 2.50 bits per heavy atom. The van der Waals surface area contributed by atoms with E-state index in [1.54, 1.807) is 0 Å². The zero-order chi connectivity index (χ0) is 11.9. The van der Waals surface area contributed by atoms with Gasteiger partial charge in [0.05, 0.1) is 5.75 Å². The van der Waals surface area contributed by atoms with E-state index in [9.17, 15) is 8.42 Å². The fourth-order valence-corrected chi connectivity index (χ4v) is 2.50. The first-order valence-corrected chi connectivity index (χ1v) is 7.00. The van der Waals surface area contributed by atoms with Gasteiger partial charge in [-0.3, -0.25) is 0 Å². The summed E-state index contributed by atoms with van der Waals surface area (Å²) in [6, 6.07) is 9.86. The van der Waals surface area contributed by atoms with Crippen LogP contribution in [0.15, 0.2) is 30.3 Å². The number of sulfonamides is 1. The van der Waals surface area contributed by atoms with Crippen molar-refractivity contribution in [3.8, 4) is 0 Å². The molecule has 0 aromatic heterocycles. The van der Waals surface area contributed by atoms with E-state index < -0.39 is 10.0 Å². The quantitative estimate of drug-likeness (QED) is 0.731. The molecule has 0 saturated carbocycles. The first-order chi connectivity index (χ1) is 7.64. The Hall–Kier alpha value is -0.910. The predicted octanol–water partition coefficient (Wildman–Crippen LogP) is 0.497. The van der Waals surface area contributed by atoms with Gasteiger partial charge in [-0.1, -0.05) is 30.3 Å². The second kappa shape index (κ2) is 6.62. The molecule has 4 nitrogen and oxygen atoms in total. The SMILES string of the molecule is NCCNS(=O)(=O)CCCc1ccccc1. The van der Waals surface area contributed by atoms with Crippen molar-refractivity contribution in [3.63, 3.8) is 0 Å². The number of hydrogen-bond donors (Lipinski definition) is 2. The lowest BCUT2D eigenvalue weighted by Crippen LogP contribution is -2.31. The monoisotopic (exact) mass is 242 g/mol. The summed E-state index contributed by atoms with van der Waals surface area (Å²) >= 11 is 0. The van der Waals surface area contributed by atoms with Gasteiger partial charge in [0.1, 0.15) is 0 Å². The van der Waals surface area contributed by atoms with E-state index in [2.05, 4.69) is 4.72 Å². The van der Waals surface area contributed by atoms with Crippen LogP contribution in [0, 0.1) is 0 Å². The minimum atomic E-state index is -3.14. The van der Waals surface area contributed by atoms with Gasteiger partial charge in [0.15, 0.2) is 0 Å². The first-order valence-electron chi connectivity index (χ1n) is 5.35. The van der Waals surface area contributed by atoms with Crippen molar-refractivity contribution >= 4 is 10.0 Å². The third kappa shape index (κ3) is 5.25. The molecule has 0 spiro atoms. The Balaban J connectivity index is 2.30. The number of aryl methyl sites for hydroxylation is 1. The van der Waals surface area contributed by atoms with Crippen LogP contribution in [-0.2, 0) is 16.4 Å². The average Bonchev–Trinajstić information content (AvgIpc) is 2.28. The maximum atomic E-state index is 11.4. The smallest absolute Gasteiger partial charge is 0.211 e. The molecule has 3 N–H and O–H groups in total. The van der Waals surface area contributed by atoms with Crippen LogP contribution in [-0.4, -0.2) is 27.3 Å². The molecule has 5 heteroatoms. The lowest BCUT2D eigenvalue weighted by Gasteiger charge is -2.05. The molecule has 0 unspecified atom stereocenters. The Bertz CT molecular complexity index is 390. The number of hydrogen-bond acceptors (Lipinski definition) is 3. The van der Waals surface area contributed by atoms with Gasteiger partial charge in [0.25, 0.3) is 0 Å². The fourth-order valence-electron chi connectivity index (χ4n) is 1.40. The summed E-state index contributed by atoms with van der Waals surface area (Å²) in [7, 11) is -3.14. The molecule has 0 saturated heterocycles. The fraction of sp³-hybridized carbons (Fsp3) is 0.455. The molecule has 90 valence electrons. The highest BCUT2D eigenvalue weighted by atomic mass is 32.2. The molecule has 0 amide bonds. The van der Waals surface area contributed by atoms with Gasteiger partial charge in [-0.15, -0.1) is 0 Å². The van der Waals surface area contributed by atoms with Gasteiger partial charge in [-0.25, -0.2) is 13.1 Å². The molecule has 0 radical (unpaired) electrons. The van der Waals surface area contributed by atoms with Crippen molar-refractivity contribution in [2.24, 2.45) is 5.73 Å². The Kier molecular flexibility index (Phi) is 5.45. The molecule has 0 aliphatic rings. The standard InChI is InChI=1S/C11H18N2O2S/c12-8-9-13-16(14,15)10-4-7-11-5-2-1-3-6-11/h1-3,5-6,13H,4,7-10,12H2. The highest BCUT2D eigenvalue weighted by molar-refractivity contribution is 7.89. The van der Waals surface area contributed by atoms with E-state index in [1.807, 2.05) is 30.3 Å². The van der Waals surface area contributed by atoms with Crippen molar-refractivity contribution in [2.75, 3.05) is 18.8 Å². The van der Waals surface area contributed by atoms with Gasteiger partial charge in [-0.2, -0.15) is 0 Å². The van der Waals surface area contributed by atoms with E-state index in [-0.39, 0.29) is 5.75 Å². The lowest BCUT2D eigenvalue weighted by molar-refractivity contribution is 0.579. The molecule has 0 aliphatic carbocycles. The summed E-state index contributed by atoms with van der Waals surface area (Å²) in [6.45, 7) is 0.644. The highest BCUT2D eigenvalue weighted by Crippen LogP contribution is 2.03. The molecule has 0 heterocycles. The van der Waals surface area contributed by atoms with E-state index in [0.717, 1.165) is 12.0 Å². The lowest BCUT2D eigenvalue weighted by atomic mass is 10.1. The van der Waals surface area contributed by atoms with Crippen LogP contribution in [0.5, 0.6) is 0 Å². The molecule has 1 aromatic carbocycles. The van der Waals surface area contributed by atoms with Crippen LogP contribution >= 0.6 is 0 Å². The highest BCUT2D eigenvalue weighted by Gasteiger charge is 2.08. The van der Waals surface area contributed by atoms with Crippen LogP contribution in [0.2, 0.25) is 0 Å². The summed E-state index contributed by atoms with van der Waals surface area (Å²) in [4.78, 5) is 0.